The van der Waals surface area contributed by atoms with Gasteiger partial charge in [-0.25, -0.2) is 4.39 Å². The van der Waals surface area contributed by atoms with E-state index < -0.39 is 12.8 Å². The van der Waals surface area contributed by atoms with Gasteiger partial charge in [-0.05, 0) is 55.7 Å². The van der Waals surface area contributed by atoms with Gasteiger partial charge in [-0.15, -0.1) is 0 Å². The van der Waals surface area contributed by atoms with Crippen molar-refractivity contribution in [3.63, 3.8) is 0 Å². The lowest BCUT2D eigenvalue weighted by molar-refractivity contribution is 0.0842. The fraction of sp³-hybridized carbons (Fsp3) is 0.333. The van der Waals surface area contributed by atoms with Crippen LogP contribution in [0.2, 0.25) is 0 Å². The van der Waals surface area contributed by atoms with Crippen LogP contribution in [0, 0.1) is 6.92 Å². The number of ether oxygens (including phenoxy) is 1. The zero-order valence-electron chi connectivity index (χ0n) is 13.0. The van der Waals surface area contributed by atoms with Crippen LogP contribution in [-0.2, 0) is 6.42 Å². The molecule has 1 aliphatic rings. The standard InChI is InChI=1S/C18H19FN2O2/c1-12-16(3-2-8-20-12)18-6-4-13-9-15(5-7-17(13)21-18)23-11-14(22)10-19/h2-3,5,7-9,14,22H,4,6,10-11H2,1H3/t14-/m1/s1. The molecule has 0 radical (unpaired) electrons. The molecule has 4 nitrogen and oxygen atoms in total. The van der Waals surface area contributed by atoms with Gasteiger partial charge in [-0.1, -0.05) is 0 Å². The Morgan fingerprint density at radius 3 is 2.96 bits per heavy atom. The van der Waals surface area contributed by atoms with E-state index in [-0.39, 0.29) is 6.61 Å². The van der Waals surface area contributed by atoms with Crippen molar-refractivity contribution in [2.24, 2.45) is 4.99 Å². The number of hydrogen-bond donors (Lipinski definition) is 1. The van der Waals surface area contributed by atoms with Crippen LogP contribution in [0.4, 0.5) is 10.1 Å². The molecule has 23 heavy (non-hydrogen) atoms. The summed E-state index contributed by atoms with van der Waals surface area (Å²) in [6.07, 6.45) is 2.41. The number of hydrogen-bond acceptors (Lipinski definition) is 4. The van der Waals surface area contributed by atoms with Crippen LogP contribution in [0.5, 0.6) is 5.75 Å². The van der Waals surface area contributed by atoms with E-state index in [0.717, 1.165) is 41.1 Å². The highest BCUT2D eigenvalue weighted by molar-refractivity contribution is 6.04. The summed E-state index contributed by atoms with van der Waals surface area (Å²) < 4.78 is 17.7. The van der Waals surface area contributed by atoms with Crippen molar-refractivity contribution in [2.45, 2.75) is 25.9 Å². The predicted molar refractivity (Wildman–Crippen MR) is 87.4 cm³/mol. The maximum absolute atomic E-state index is 12.2. The molecular weight excluding hydrogens is 295 g/mol. The van der Waals surface area contributed by atoms with Crippen LogP contribution in [0.3, 0.4) is 0 Å². The van der Waals surface area contributed by atoms with E-state index in [2.05, 4.69) is 4.98 Å². The number of pyridine rings is 1. The molecule has 0 fully saturated rings. The summed E-state index contributed by atoms with van der Waals surface area (Å²) in [7, 11) is 0. The molecule has 1 aliphatic heterocycles. The Kier molecular flexibility index (Phi) is 4.67. The quantitative estimate of drug-likeness (QED) is 0.922. The lowest BCUT2D eigenvalue weighted by Crippen LogP contribution is -2.19. The van der Waals surface area contributed by atoms with Crippen molar-refractivity contribution in [3.05, 3.63) is 53.3 Å². The van der Waals surface area contributed by atoms with Crippen molar-refractivity contribution in [1.82, 2.24) is 4.98 Å². The molecule has 0 amide bonds. The lowest BCUT2D eigenvalue weighted by Gasteiger charge is -2.18. The number of rotatable bonds is 5. The van der Waals surface area contributed by atoms with Gasteiger partial charge in [0.2, 0.25) is 0 Å². The van der Waals surface area contributed by atoms with Gasteiger partial charge in [0.1, 0.15) is 25.1 Å². The Hall–Kier alpha value is -2.27. The molecule has 0 aliphatic carbocycles. The highest BCUT2D eigenvalue weighted by Gasteiger charge is 2.16. The summed E-state index contributed by atoms with van der Waals surface area (Å²) in [6.45, 7) is 1.14. The molecule has 3 rings (SSSR count). The normalized spacial score (nSPS) is 14.8. The average molecular weight is 314 g/mol. The molecule has 5 heteroatoms. The lowest BCUT2D eigenvalue weighted by atomic mass is 9.96. The first-order valence-electron chi connectivity index (χ1n) is 7.66. The van der Waals surface area contributed by atoms with E-state index in [9.17, 15) is 9.50 Å². The zero-order valence-corrected chi connectivity index (χ0v) is 13.0. The Bertz CT molecular complexity index is 731. The van der Waals surface area contributed by atoms with Crippen LogP contribution >= 0.6 is 0 Å². The van der Waals surface area contributed by atoms with E-state index in [1.54, 1.807) is 12.3 Å². The van der Waals surface area contributed by atoms with Crippen molar-refractivity contribution in [2.75, 3.05) is 13.3 Å². The van der Waals surface area contributed by atoms with E-state index in [0.29, 0.717) is 5.75 Å². The summed E-state index contributed by atoms with van der Waals surface area (Å²) in [6, 6.07) is 9.58. The molecule has 2 heterocycles. The SMILES string of the molecule is Cc1ncccc1C1=Nc2ccc(OC[C@H](O)CF)cc2CC1. The second kappa shape index (κ2) is 6.87. The third-order valence-corrected chi connectivity index (χ3v) is 3.88. The molecule has 0 unspecified atom stereocenters. The zero-order chi connectivity index (χ0) is 16.2. The molecule has 2 aromatic rings. The fourth-order valence-corrected chi connectivity index (χ4v) is 2.64. The second-order valence-corrected chi connectivity index (χ2v) is 5.60. The van der Waals surface area contributed by atoms with Crippen molar-refractivity contribution in [1.29, 1.82) is 0 Å². The smallest absolute Gasteiger partial charge is 0.119 e. The summed E-state index contributed by atoms with van der Waals surface area (Å²) in [5.74, 6) is 0.632. The van der Waals surface area contributed by atoms with Gasteiger partial charge in [-0.3, -0.25) is 9.98 Å². The van der Waals surface area contributed by atoms with Crippen LogP contribution < -0.4 is 4.74 Å². The van der Waals surface area contributed by atoms with E-state index in [1.165, 1.54) is 0 Å². The number of alkyl halides is 1. The molecule has 0 saturated carbocycles. The Balaban J connectivity index is 1.81. The van der Waals surface area contributed by atoms with Gasteiger partial charge < -0.3 is 9.84 Å². The molecule has 0 bridgehead atoms. The monoisotopic (exact) mass is 314 g/mol. The number of nitrogens with zero attached hydrogens (tertiary/aromatic N) is 2. The summed E-state index contributed by atoms with van der Waals surface area (Å²) in [4.78, 5) is 9.06. The first kappa shape index (κ1) is 15.6. The number of fused-ring (bicyclic) bond motifs is 1. The second-order valence-electron chi connectivity index (χ2n) is 5.60. The summed E-state index contributed by atoms with van der Waals surface area (Å²) in [5.41, 5.74) is 5.14. The number of aryl methyl sites for hydroxylation is 2. The number of halogens is 1. The minimum absolute atomic E-state index is 0.0430. The van der Waals surface area contributed by atoms with Gasteiger partial charge in [0.05, 0.1) is 11.4 Å². The topological polar surface area (TPSA) is 54.7 Å². The maximum Gasteiger partial charge on any atom is 0.119 e. The molecule has 1 N–H and O–H groups in total. The molecule has 120 valence electrons. The molecule has 0 saturated heterocycles. The highest BCUT2D eigenvalue weighted by atomic mass is 19.1. The molecule has 1 aromatic heterocycles. The van der Waals surface area contributed by atoms with Crippen LogP contribution in [0.15, 0.2) is 41.5 Å². The third kappa shape index (κ3) is 3.56. The number of aliphatic hydroxyl groups is 1. The molecule has 1 atom stereocenters. The maximum atomic E-state index is 12.2. The highest BCUT2D eigenvalue weighted by Crippen LogP contribution is 2.31. The van der Waals surface area contributed by atoms with E-state index in [4.69, 9.17) is 9.73 Å². The summed E-state index contributed by atoms with van der Waals surface area (Å²) in [5, 5.41) is 9.22. The largest absolute Gasteiger partial charge is 0.491 e. The van der Waals surface area contributed by atoms with Gasteiger partial charge in [-0.2, -0.15) is 0 Å². The number of aliphatic hydroxyl groups excluding tert-OH is 1. The summed E-state index contributed by atoms with van der Waals surface area (Å²) >= 11 is 0. The molecular formula is C18H19FN2O2. The van der Waals surface area contributed by atoms with E-state index >= 15 is 0 Å². The van der Waals surface area contributed by atoms with E-state index in [1.807, 2.05) is 31.2 Å². The van der Waals surface area contributed by atoms with Gasteiger partial charge >= 0.3 is 0 Å². The first-order valence-corrected chi connectivity index (χ1v) is 7.66. The van der Waals surface area contributed by atoms with Gasteiger partial charge in [0.25, 0.3) is 0 Å². The van der Waals surface area contributed by atoms with Crippen LogP contribution in [0.1, 0.15) is 23.2 Å². The van der Waals surface area contributed by atoms with Crippen molar-refractivity contribution < 1.29 is 14.2 Å². The molecule has 0 spiro atoms. The number of benzene rings is 1. The van der Waals surface area contributed by atoms with Gasteiger partial charge in [0.15, 0.2) is 0 Å². The number of aromatic nitrogens is 1. The molecule has 1 aromatic carbocycles. The minimum Gasteiger partial charge on any atom is -0.491 e. The Morgan fingerprint density at radius 2 is 2.17 bits per heavy atom. The van der Waals surface area contributed by atoms with Crippen LogP contribution in [-0.4, -0.2) is 35.2 Å². The fourth-order valence-electron chi connectivity index (χ4n) is 2.64. The van der Waals surface area contributed by atoms with Crippen molar-refractivity contribution in [3.8, 4) is 5.75 Å². The number of aliphatic imine (C=N–C) groups is 1. The van der Waals surface area contributed by atoms with Crippen molar-refractivity contribution >= 4 is 11.4 Å². The van der Waals surface area contributed by atoms with Gasteiger partial charge in [0, 0.05) is 17.5 Å². The Morgan fingerprint density at radius 1 is 1.30 bits per heavy atom. The minimum atomic E-state index is -1.08. The van der Waals surface area contributed by atoms with Crippen LogP contribution in [0.25, 0.3) is 0 Å². The first-order chi connectivity index (χ1) is 11.2. The average Bonchev–Trinajstić information content (AvgIpc) is 2.59. The third-order valence-electron chi connectivity index (χ3n) is 3.88. The predicted octanol–water partition coefficient (Wildman–Crippen LogP) is 3.17. The Labute approximate surface area is 134 Å².